The molecule has 88 valence electrons. The monoisotopic (exact) mass is 230 g/mol. The zero-order chi connectivity index (χ0) is 10.0. The highest BCUT2D eigenvalue weighted by Crippen LogP contribution is 1.72. The maximum absolute atomic E-state index is 8.74. The number of aliphatic hydroxyl groups is 1. The van der Waals surface area contributed by atoms with Gasteiger partial charge in [0.1, 0.15) is 0 Å². The minimum atomic E-state index is -4.67. The van der Waals surface area contributed by atoms with E-state index in [1.165, 1.54) is 0 Å². The molecule has 0 aromatic rings. The molecule has 0 rings (SSSR count). The van der Waals surface area contributed by atoms with Crippen molar-refractivity contribution in [3.63, 3.8) is 0 Å². The summed E-state index contributed by atoms with van der Waals surface area (Å²) in [5, 5.41) is 8.17. The molecule has 0 aromatic heterocycles. The Hall–Kier alpha value is -0.770. The van der Waals surface area contributed by atoms with Gasteiger partial charge in [-0.2, -0.15) is 8.42 Å². The Labute approximate surface area is 83.9 Å². The van der Waals surface area contributed by atoms with Crippen LogP contribution in [0.2, 0.25) is 0 Å². The Bertz CT molecular complexity index is 227. The van der Waals surface area contributed by atoms with Crippen molar-refractivity contribution in [1.82, 2.24) is 12.3 Å². The van der Waals surface area contributed by atoms with Crippen LogP contribution in [0.4, 0.5) is 0 Å². The van der Waals surface area contributed by atoms with Gasteiger partial charge in [0.2, 0.25) is 0 Å². The first kappa shape index (κ1) is 23.2. The van der Waals surface area contributed by atoms with Gasteiger partial charge in [0.15, 0.2) is 0 Å². The van der Waals surface area contributed by atoms with Crippen LogP contribution in [0.5, 0.6) is 0 Å². The van der Waals surface area contributed by atoms with Crippen LogP contribution in [0, 0.1) is 0 Å². The molecule has 0 aliphatic heterocycles. The smallest absolute Gasteiger partial charge is 0.392 e. The van der Waals surface area contributed by atoms with Gasteiger partial charge in [0.25, 0.3) is 0 Å². The Morgan fingerprint density at radius 2 is 1.50 bits per heavy atom. The van der Waals surface area contributed by atoms with Crippen LogP contribution in [-0.4, -0.2) is 29.2 Å². The molecule has 0 saturated carbocycles. The third-order valence-corrected chi connectivity index (χ3v) is 0.545. The summed E-state index contributed by atoms with van der Waals surface area (Å²) in [6.07, 6.45) is 7.27. The number of aliphatic hydroxyl groups excluding tert-OH is 1. The lowest BCUT2D eigenvalue weighted by Gasteiger charge is -1.70. The second-order valence-corrected chi connectivity index (χ2v) is 2.48. The van der Waals surface area contributed by atoms with Crippen LogP contribution in [0.3, 0.4) is 0 Å². The summed E-state index contributed by atoms with van der Waals surface area (Å²) in [7, 11) is -4.67. The van der Waals surface area contributed by atoms with Gasteiger partial charge in [0, 0.05) is 0 Å². The van der Waals surface area contributed by atoms with Gasteiger partial charge in [-0.1, -0.05) is 24.3 Å². The predicted octanol–water partition coefficient (Wildman–Crippen LogP) is 0.782. The van der Waals surface area contributed by atoms with E-state index in [1.807, 2.05) is 19.1 Å². The van der Waals surface area contributed by atoms with Gasteiger partial charge in [-0.15, -0.1) is 0 Å². The van der Waals surface area contributed by atoms with Crippen LogP contribution in [0.1, 0.15) is 6.92 Å². The van der Waals surface area contributed by atoms with Crippen molar-refractivity contribution < 1.29 is 22.6 Å². The molecule has 0 spiro atoms. The zero-order valence-corrected chi connectivity index (χ0v) is 8.81. The first-order chi connectivity index (χ1) is 5.41. The summed E-state index contributed by atoms with van der Waals surface area (Å²) in [6.45, 7) is 2.06. The number of rotatable bonds is 2. The SMILES string of the molecule is C/C=C/C=C/CO.N.N.O=S(=O)(O)O. The molecule has 8 heteroatoms. The fraction of sp³-hybridized carbons (Fsp3) is 0.333. The van der Waals surface area contributed by atoms with Crippen molar-refractivity contribution in [2.45, 2.75) is 6.92 Å². The highest BCUT2D eigenvalue weighted by molar-refractivity contribution is 7.79. The van der Waals surface area contributed by atoms with Gasteiger partial charge in [-0.05, 0) is 6.92 Å². The molecule has 0 aromatic carbocycles. The molecule has 0 fully saturated rings. The lowest BCUT2D eigenvalue weighted by Crippen LogP contribution is -1.89. The van der Waals surface area contributed by atoms with Gasteiger partial charge in [-0.3, -0.25) is 9.11 Å². The molecule has 0 radical (unpaired) electrons. The van der Waals surface area contributed by atoms with E-state index in [4.69, 9.17) is 22.6 Å². The lowest BCUT2D eigenvalue weighted by molar-refractivity contribution is 0.342. The average molecular weight is 230 g/mol. The van der Waals surface area contributed by atoms with Crippen molar-refractivity contribution in [2.75, 3.05) is 6.61 Å². The van der Waals surface area contributed by atoms with E-state index < -0.39 is 10.4 Å². The Balaban J connectivity index is -0.0000000651. The number of hydrogen-bond donors (Lipinski definition) is 5. The highest BCUT2D eigenvalue weighted by atomic mass is 32.3. The second-order valence-electron chi connectivity index (χ2n) is 1.58. The van der Waals surface area contributed by atoms with Crippen LogP contribution in [0.25, 0.3) is 0 Å². The molecular weight excluding hydrogens is 212 g/mol. The van der Waals surface area contributed by atoms with Crippen molar-refractivity contribution in [1.29, 1.82) is 0 Å². The van der Waals surface area contributed by atoms with E-state index in [0.717, 1.165) is 0 Å². The largest absolute Gasteiger partial charge is 0.394 e. The number of allylic oxidation sites excluding steroid dienone is 3. The molecule has 0 amide bonds. The summed E-state index contributed by atoms with van der Waals surface area (Å²) in [5.74, 6) is 0. The van der Waals surface area contributed by atoms with Crippen molar-refractivity contribution in [2.24, 2.45) is 0 Å². The molecular formula is C6H18N2O5S. The van der Waals surface area contributed by atoms with Gasteiger partial charge >= 0.3 is 10.4 Å². The molecule has 0 unspecified atom stereocenters. The summed E-state index contributed by atoms with van der Waals surface area (Å²) < 4.78 is 31.6. The fourth-order valence-corrected chi connectivity index (χ4v) is 0.251. The highest BCUT2D eigenvalue weighted by Gasteiger charge is 1.84. The van der Waals surface area contributed by atoms with Crippen LogP contribution >= 0.6 is 0 Å². The normalized spacial score (nSPS) is 10.0. The predicted molar refractivity (Wildman–Crippen MR) is 55.3 cm³/mol. The van der Waals surface area contributed by atoms with Crippen LogP contribution in [-0.2, 0) is 10.4 Å². The molecule has 7 nitrogen and oxygen atoms in total. The maximum atomic E-state index is 8.74. The van der Waals surface area contributed by atoms with E-state index in [2.05, 4.69) is 0 Å². The maximum Gasteiger partial charge on any atom is 0.394 e. The molecule has 0 saturated heterocycles. The quantitative estimate of drug-likeness (QED) is 0.345. The third kappa shape index (κ3) is 113. The Morgan fingerprint density at radius 1 is 1.14 bits per heavy atom. The molecule has 0 aliphatic carbocycles. The summed E-state index contributed by atoms with van der Waals surface area (Å²) in [6, 6.07) is 0. The fourth-order valence-electron chi connectivity index (χ4n) is 0.251. The molecule has 14 heavy (non-hydrogen) atoms. The van der Waals surface area contributed by atoms with Crippen molar-refractivity contribution >= 4 is 10.4 Å². The topological polar surface area (TPSA) is 165 Å². The summed E-state index contributed by atoms with van der Waals surface area (Å²) >= 11 is 0. The molecule has 9 N–H and O–H groups in total. The third-order valence-electron chi connectivity index (χ3n) is 0.545. The minimum Gasteiger partial charge on any atom is -0.392 e. The van der Waals surface area contributed by atoms with Gasteiger partial charge < -0.3 is 17.4 Å². The second kappa shape index (κ2) is 14.7. The van der Waals surface area contributed by atoms with E-state index in [1.54, 1.807) is 12.2 Å². The van der Waals surface area contributed by atoms with E-state index in [-0.39, 0.29) is 18.9 Å². The van der Waals surface area contributed by atoms with E-state index in [9.17, 15) is 0 Å². The van der Waals surface area contributed by atoms with E-state index >= 15 is 0 Å². The first-order valence-electron chi connectivity index (χ1n) is 3.00. The van der Waals surface area contributed by atoms with Gasteiger partial charge in [0.05, 0.1) is 6.61 Å². The van der Waals surface area contributed by atoms with Crippen molar-refractivity contribution in [3.8, 4) is 0 Å². The number of hydrogen-bond acceptors (Lipinski definition) is 5. The van der Waals surface area contributed by atoms with Crippen LogP contribution < -0.4 is 12.3 Å². The molecule has 0 atom stereocenters. The Morgan fingerprint density at radius 3 is 1.71 bits per heavy atom. The Kier molecular flexibility index (Phi) is 24.5. The summed E-state index contributed by atoms with van der Waals surface area (Å²) in [5.41, 5.74) is 0. The molecule has 0 bridgehead atoms. The van der Waals surface area contributed by atoms with E-state index in [0.29, 0.717) is 0 Å². The lowest BCUT2D eigenvalue weighted by atomic mass is 10.4. The molecule has 0 heterocycles. The standard InChI is InChI=1S/C6H10O.2H3N.H2O4S/c1-2-3-4-5-6-7;;;1-5(2,3)4/h2-5,7H,6H2,1H3;2*1H3;(H2,1,2,3,4)/b3-2+,5-4+;;;. The first-order valence-corrected chi connectivity index (χ1v) is 4.40. The minimum absolute atomic E-state index is 0. The summed E-state index contributed by atoms with van der Waals surface area (Å²) in [4.78, 5) is 0. The molecule has 0 aliphatic rings. The van der Waals surface area contributed by atoms with Gasteiger partial charge in [-0.25, -0.2) is 0 Å². The van der Waals surface area contributed by atoms with Crippen LogP contribution in [0.15, 0.2) is 24.3 Å². The zero-order valence-electron chi connectivity index (χ0n) is 8.00. The van der Waals surface area contributed by atoms with Crippen molar-refractivity contribution in [3.05, 3.63) is 24.3 Å². The average Bonchev–Trinajstić information content (AvgIpc) is 1.85.